The maximum atomic E-state index is 11.7. The lowest BCUT2D eigenvalue weighted by molar-refractivity contribution is -0.120. The fourth-order valence-corrected chi connectivity index (χ4v) is 2.11. The Morgan fingerprint density at radius 2 is 1.69 bits per heavy atom. The summed E-state index contributed by atoms with van der Waals surface area (Å²) in [6.45, 7) is 6.41. The molecule has 0 fully saturated rings. The number of carbonyl (C=O) groups is 2. The van der Waals surface area contributed by atoms with E-state index in [1.54, 1.807) is 0 Å². The second-order valence-corrected chi connectivity index (χ2v) is 5.04. The topological polar surface area (TPSA) is 34.1 Å². The molecule has 0 heterocycles. The monoisotopic (exact) mass is 226 g/mol. The lowest BCUT2D eigenvalue weighted by Crippen LogP contribution is -2.09. The van der Waals surface area contributed by atoms with Crippen molar-refractivity contribution in [2.45, 2.75) is 65.7 Å². The van der Waals surface area contributed by atoms with Gasteiger partial charge in [0.25, 0.3) is 0 Å². The molecule has 2 heteroatoms. The van der Waals surface area contributed by atoms with Crippen LogP contribution >= 0.6 is 0 Å². The molecule has 0 spiro atoms. The summed E-state index contributed by atoms with van der Waals surface area (Å²) >= 11 is 0. The minimum Gasteiger partial charge on any atom is -0.303 e. The Bertz CT molecular complexity index is 199. The Labute approximate surface area is 99.8 Å². The first-order valence-corrected chi connectivity index (χ1v) is 6.55. The standard InChI is InChI=1S/C14H26O2/c1-4-7-12(2)10-14(16)11-13(3)8-5-6-9-15/h9,12-13H,4-8,10-11H2,1-3H3. The largest absolute Gasteiger partial charge is 0.303 e. The summed E-state index contributed by atoms with van der Waals surface area (Å²) < 4.78 is 0. The molecule has 16 heavy (non-hydrogen) atoms. The molecule has 0 aromatic rings. The number of hydrogen-bond acceptors (Lipinski definition) is 2. The molecule has 0 rings (SSSR count). The van der Waals surface area contributed by atoms with Crippen LogP contribution in [0.4, 0.5) is 0 Å². The van der Waals surface area contributed by atoms with Crippen molar-refractivity contribution in [2.24, 2.45) is 11.8 Å². The van der Waals surface area contributed by atoms with Crippen LogP contribution in [0.15, 0.2) is 0 Å². The molecule has 2 atom stereocenters. The van der Waals surface area contributed by atoms with E-state index < -0.39 is 0 Å². The van der Waals surface area contributed by atoms with Crippen LogP contribution in [0.3, 0.4) is 0 Å². The van der Waals surface area contributed by atoms with Gasteiger partial charge in [0.15, 0.2) is 0 Å². The van der Waals surface area contributed by atoms with E-state index in [0.717, 1.165) is 38.4 Å². The summed E-state index contributed by atoms with van der Waals surface area (Å²) in [7, 11) is 0. The first kappa shape index (κ1) is 15.3. The summed E-state index contributed by atoms with van der Waals surface area (Å²) in [6.07, 6.45) is 7.21. The highest BCUT2D eigenvalue weighted by atomic mass is 16.1. The number of hydrogen-bond donors (Lipinski definition) is 0. The summed E-state index contributed by atoms with van der Waals surface area (Å²) in [6, 6.07) is 0. The highest BCUT2D eigenvalue weighted by Gasteiger charge is 2.12. The lowest BCUT2D eigenvalue weighted by atomic mass is 9.92. The van der Waals surface area contributed by atoms with Crippen molar-refractivity contribution in [3.05, 3.63) is 0 Å². The van der Waals surface area contributed by atoms with Crippen molar-refractivity contribution in [2.75, 3.05) is 0 Å². The Kier molecular flexibility index (Phi) is 9.16. The van der Waals surface area contributed by atoms with E-state index in [4.69, 9.17) is 0 Å². The van der Waals surface area contributed by atoms with Crippen molar-refractivity contribution in [1.29, 1.82) is 0 Å². The second kappa shape index (κ2) is 9.56. The first-order valence-electron chi connectivity index (χ1n) is 6.55. The number of unbranched alkanes of at least 4 members (excludes halogenated alkanes) is 1. The van der Waals surface area contributed by atoms with Crippen LogP contribution in [-0.2, 0) is 9.59 Å². The number of Topliss-reactive ketones (excluding diaryl/α,β-unsaturated/α-hetero) is 1. The van der Waals surface area contributed by atoms with Gasteiger partial charge in [-0.3, -0.25) is 4.79 Å². The van der Waals surface area contributed by atoms with Gasteiger partial charge in [-0.15, -0.1) is 0 Å². The van der Waals surface area contributed by atoms with E-state index in [1.807, 2.05) is 0 Å². The van der Waals surface area contributed by atoms with Crippen molar-refractivity contribution in [1.82, 2.24) is 0 Å². The van der Waals surface area contributed by atoms with Crippen LogP contribution in [0.2, 0.25) is 0 Å². The predicted octanol–water partition coefficient (Wildman–Crippen LogP) is 3.78. The molecule has 0 aromatic carbocycles. The van der Waals surface area contributed by atoms with Crippen molar-refractivity contribution in [3.63, 3.8) is 0 Å². The molecule has 94 valence electrons. The van der Waals surface area contributed by atoms with Gasteiger partial charge in [-0.2, -0.15) is 0 Å². The highest BCUT2D eigenvalue weighted by molar-refractivity contribution is 5.78. The molecule has 0 saturated heterocycles. The van der Waals surface area contributed by atoms with E-state index in [1.165, 1.54) is 0 Å². The summed E-state index contributed by atoms with van der Waals surface area (Å²) in [5, 5.41) is 0. The van der Waals surface area contributed by atoms with Gasteiger partial charge in [-0.05, 0) is 24.7 Å². The number of carbonyl (C=O) groups excluding carboxylic acids is 2. The predicted molar refractivity (Wildman–Crippen MR) is 67.4 cm³/mol. The summed E-state index contributed by atoms with van der Waals surface area (Å²) in [5.41, 5.74) is 0. The molecular weight excluding hydrogens is 200 g/mol. The number of rotatable bonds is 10. The Morgan fingerprint density at radius 3 is 2.19 bits per heavy atom. The average molecular weight is 226 g/mol. The van der Waals surface area contributed by atoms with Gasteiger partial charge >= 0.3 is 0 Å². The van der Waals surface area contributed by atoms with E-state index in [0.29, 0.717) is 30.5 Å². The van der Waals surface area contributed by atoms with E-state index in [9.17, 15) is 9.59 Å². The molecule has 0 bridgehead atoms. The first-order chi connectivity index (χ1) is 7.60. The van der Waals surface area contributed by atoms with Crippen LogP contribution in [-0.4, -0.2) is 12.1 Å². The van der Waals surface area contributed by atoms with Gasteiger partial charge in [-0.1, -0.05) is 33.6 Å². The van der Waals surface area contributed by atoms with E-state index in [2.05, 4.69) is 20.8 Å². The zero-order valence-corrected chi connectivity index (χ0v) is 11.0. The second-order valence-electron chi connectivity index (χ2n) is 5.04. The van der Waals surface area contributed by atoms with Crippen LogP contribution < -0.4 is 0 Å². The highest BCUT2D eigenvalue weighted by Crippen LogP contribution is 2.17. The van der Waals surface area contributed by atoms with E-state index >= 15 is 0 Å². The Balaban J connectivity index is 3.64. The molecule has 0 saturated carbocycles. The van der Waals surface area contributed by atoms with Gasteiger partial charge in [0.2, 0.25) is 0 Å². The molecule has 0 aliphatic carbocycles. The van der Waals surface area contributed by atoms with Crippen LogP contribution in [0, 0.1) is 11.8 Å². The smallest absolute Gasteiger partial charge is 0.133 e. The van der Waals surface area contributed by atoms with Gasteiger partial charge in [0, 0.05) is 19.3 Å². The molecule has 0 radical (unpaired) electrons. The van der Waals surface area contributed by atoms with Crippen molar-refractivity contribution >= 4 is 12.1 Å². The molecule has 2 unspecified atom stereocenters. The molecule has 0 aromatic heterocycles. The maximum absolute atomic E-state index is 11.7. The van der Waals surface area contributed by atoms with Crippen LogP contribution in [0.5, 0.6) is 0 Å². The van der Waals surface area contributed by atoms with Crippen LogP contribution in [0.25, 0.3) is 0 Å². The SMILES string of the molecule is CCCC(C)CC(=O)CC(C)CCCC=O. The minimum absolute atomic E-state index is 0.388. The molecule has 0 amide bonds. The fraction of sp³-hybridized carbons (Fsp3) is 0.857. The lowest BCUT2D eigenvalue weighted by Gasteiger charge is -2.12. The third-order valence-electron chi connectivity index (χ3n) is 2.95. The fourth-order valence-electron chi connectivity index (χ4n) is 2.11. The molecule has 0 aliphatic rings. The normalized spacial score (nSPS) is 14.4. The minimum atomic E-state index is 0.388. The van der Waals surface area contributed by atoms with Gasteiger partial charge < -0.3 is 4.79 Å². The molecule has 0 aliphatic heterocycles. The summed E-state index contributed by atoms with van der Waals surface area (Å²) in [4.78, 5) is 21.9. The van der Waals surface area contributed by atoms with Gasteiger partial charge in [0.1, 0.15) is 12.1 Å². The van der Waals surface area contributed by atoms with Gasteiger partial charge in [-0.25, -0.2) is 0 Å². The Hall–Kier alpha value is -0.660. The molecule has 0 N–H and O–H groups in total. The maximum Gasteiger partial charge on any atom is 0.133 e. The van der Waals surface area contributed by atoms with E-state index in [-0.39, 0.29) is 0 Å². The Morgan fingerprint density at radius 1 is 1.12 bits per heavy atom. The molecule has 2 nitrogen and oxygen atoms in total. The summed E-state index contributed by atoms with van der Waals surface area (Å²) in [5.74, 6) is 1.35. The average Bonchev–Trinajstić information content (AvgIpc) is 2.17. The van der Waals surface area contributed by atoms with Gasteiger partial charge in [0.05, 0.1) is 0 Å². The van der Waals surface area contributed by atoms with Crippen LogP contribution in [0.1, 0.15) is 65.7 Å². The quantitative estimate of drug-likeness (QED) is 0.419. The van der Waals surface area contributed by atoms with Crippen molar-refractivity contribution in [3.8, 4) is 0 Å². The number of aldehydes is 1. The zero-order valence-electron chi connectivity index (χ0n) is 11.0. The zero-order chi connectivity index (χ0) is 12.4. The third kappa shape index (κ3) is 8.63. The third-order valence-corrected chi connectivity index (χ3v) is 2.95. The molecular formula is C14H26O2. The number of ketones is 1. The van der Waals surface area contributed by atoms with Crippen molar-refractivity contribution < 1.29 is 9.59 Å².